The molecule has 6 heteroatoms. The lowest BCUT2D eigenvalue weighted by molar-refractivity contribution is -0.384. The monoisotopic (exact) mass is 291 g/mol. The Bertz CT molecular complexity index is 513. The Hall–Kier alpha value is -1.95. The zero-order valence-corrected chi connectivity index (χ0v) is 12.2. The summed E-state index contributed by atoms with van der Waals surface area (Å²) in [7, 11) is 0. The number of carbonyl (C=O) groups excluding carboxylic acids is 1. The molecule has 21 heavy (non-hydrogen) atoms. The van der Waals surface area contributed by atoms with E-state index in [1.807, 2.05) is 0 Å². The lowest BCUT2D eigenvalue weighted by Gasteiger charge is -2.14. The number of rotatable bonds is 6. The summed E-state index contributed by atoms with van der Waals surface area (Å²) in [5, 5.41) is 17.0. The fourth-order valence-electron chi connectivity index (χ4n) is 2.57. The summed E-state index contributed by atoms with van der Waals surface area (Å²) in [5.41, 5.74) is 0.688. The van der Waals surface area contributed by atoms with E-state index in [2.05, 4.69) is 10.6 Å². The number of nitrogens with one attached hydrogen (secondary N) is 2. The minimum atomic E-state index is -0.443. The van der Waals surface area contributed by atoms with Gasteiger partial charge in [-0.05, 0) is 44.3 Å². The number of hydrogen-bond donors (Lipinski definition) is 2. The number of nitro benzene ring substituents is 1. The van der Waals surface area contributed by atoms with Gasteiger partial charge in [-0.3, -0.25) is 14.9 Å². The predicted octanol–water partition coefficient (Wildman–Crippen LogP) is 1.81. The second kappa shape index (κ2) is 7.17. The van der Waals surface area contributed by atoms with Crippen molar-refractivity contribution in [3.8, 4) is 0 Å². The first-order chi connectivity index (χ1) is 10.1. The van der Waals surface area contributed by atoms with Crippen molar-refractivity contribution in [3.63, 3.8) is 0 Å². The van der Waals surface area contributed by atoms with Gasteiger partial charge in [-0.25, -0.2) is 0 Å². The van der Waals surface area contributed by atoms with Crippen LogP contribution in [-0.4, -0.2) is 30.5 Å². The quantitative estimate of drug-likeness (QED) is 0.618. The molecular weight excluding hydrogens is 270 g/mol. The molecule has 0 aromatic heterocycles. The van der Waals surface area contributed by atoms with Gasteiger partial charge >= 0.3 is 0 Å². The van der Waals surface area contributed by atoms with Crippen LogP contribution in [0.5, 0.6) is 0 Å². The predicted molar refractivity (Wildman–Crippen MR) is 80.1 cm³/mol. The van der Waals surface area contributed by atoms with Crippen molar-refractivity contribution in [1.29, 1.82) is 0 Å². The average Bonchev–Trinajstić information content (AvgIpc) is 2.99. The van der Waals surface area contributed by atoms with E-state index in [1.54, 1.807) is 19.1 Å². The van der Waals surface area contributed by atoms with Crippen molar-refractivity contribution in [3.05, 3.63) is 39.9 Å². The summed E-state index contributed by atoms with van der Waals surface area (Å²) >= 11 is 0. The molecule has 1 aromatic rings. The molecular formula is C15H21N3O3. The number of nitro groups is 1. The first kappa shape index (κ1) is 15.4. The molecule has 0 bridgehead atoms. The topological polar surface area (TPSA) is 84.3 Å². The molecule has 2 N–H and O–H groups in total. The van der Waals surface area contributed by atoms with Crippen LogP contribution >= 0.6 is 0 Å². The number of hydrogen-bond acceptors (Lipinski definition) is 4. The van der Waals surface area contributed by atoms with Crippen molar-refractivity contribution in [1.82, 2.24) is 10.6 Å². The Kier molecular flexibility index (Phi) is 5.27. The van der Waals surface area contributed by atoms with Gasteiger partial charge in [0.15, 0.2) is 0 Å². The molecule has 2 atom stereocenters. The second-order valence-corrected chi connectivity index (χ2v) is 5.51. The molecule has 6 nitrogen and oxygen atoms in total. The first-order valence-corrected chi connectivity index (χ1v) is 7.30. The van der Waals surface area contributed by atoms with Gasteiger partial charge < -0.3 is 10.6 Å². The normalized spacial score (nSPS) is 19.2. The minimum absolute atomic E-state index is 0.0178. The summed E-state index contributed by atoms with van der Waals surface area (Å²) in [6.45, 7) is 4.51. The summed E-state index contributed by atoms with van der Waals surface area (Å²) in [6.07, 6.45) is 2.14. The highest BCUT2D eigenvalue weighted by atomic mass is 16.6. The molecule has 114 valence electrons. The van der Waals surface area contributed by atoms with Crippen LogP contribution in [0.15, 0.2) is 24.3 Å². The van der Waals surface area contributed by atoms with E-state index in [0.29, 0.717) is 18.0 Å². The van der Waals surface area contributed by atoms with Crippen LogP contribution in [-0.2, 0) is 4.79 Å². The highest BCUT2D eigenvalue weighted by Gasteiger charge is 2.19. The average molecular weight is 291 g/mol. The third-order valence-corrected chi connectivity index (χ3v) is 3.99. The van der Waals surface area contributed by atoms with Gasteiger partial charge in [0.1, 0.15) is 0 Å². The van der Waals surface area contributed by atoms with E-state index >= 15 is 0 Å². The fourth-order valence-corrected chi connectivity index (χ4v) is 2.57. The Balaban J connectivity index is 1.86. The zero-order chi connectivity index (χ0) is 15.2. The maximum absolute atomic E-state index is 12.1. The standard InChI is InChI=1S/C15H21N3O3/c1-11(13-3-2-4-14(9-13)18(20)21)15(19)17-8-6-12-5-7-16-10-12/h2-4,9,11-12,16H,5-8,10H2,1H3,(H,17,19). The fraction of sp³-hybridized carbons (Fsp3) is 0.533. The number of amides is 1. The van der Waals surface area contributed by atoms with E-state index in [0.717, 1.165) is 25.9 Å². The molecule has 0 spiro atoms. The summed E-state index contributed by atoms with van der Waals surface area (Å²) < 4.78 is 0. The van der Waals surface area contributed by atoms with E-state index < -0.39 is 4.92 Å². The van der Waals surface area contributed by atoms with Crippen LogP contribution in [0.25, 0.3) is 0 Å². The van der Waals surface area contributed by atoms with Gasteiger partial charge in [0.25, 0.3) is 5.69 Å². The molecule has 1 fully saturated rings. The van der Waals surface area contributed by atoms with Gasteiger partial charge in [-0.15, -0.1) is 0 Å². The maximum atomic E-state index is 12.1. The summed E-state index contributed by atoms with van der Waals surface area (Å²) in [4.78, 5) is 22.4. The van der Waals surface area contributed by atoms with Crippen LogP contribution < -0.4 is 10.6 Å². The zero-order valence-electron chi connectivity index (χ0n) is 12.2. The molecule has 1 aliphatic rings. The van der Waals surface area contributed by atoms with E-state index in [9.17, 15) is 14.9 Å². The number of benzene rings is 1. The van der Waals surface area contributed by atoms with Crippen LogP contribution in [0.1, 0.15) is 31.2 Å². The van der Waals surface area contributed by atoms with Crippen LogP contribution in [0.4, 0.5) is 5.69 Å². The Labute approximate surface area is 124 Å². The van der Waals surface area contributed by atoms with E-state index in [4.69, 9.17) is 0 Å². The van der Waals surface area contributed by atoms with Gasteiger partial charge in [-0.2, -0.15) is 0 Å². The van der Waals surface area contributed by atoms with Gasteiger partial charge in [0, 0.05) is 18.7 Å². The highest BCUT2D eigenvalue weighted by molar-refractivity contribution is 5.83. The molecule has 1 saturated heterocycles. The molecule has 0 aliphatic carbocycles. The lowest BCUT2D eigenvalue weighted by Crippen LogP contribution is -2.30. The van der Waals surface area contributed by atoms with Gasteiger partial charge in [0.2, 0.25) is 5.91 Å². The molecule has 1 aliphatic heterocycles. The van der Waals surface area contributed by atoms with Crippen LogP contribution in [0, 0.1) is 16.0 Å². The Morgan fingerprint density at radius 3 is 3.05 bits per heavy atom. The first-order valence-electron chi connectivity index (χ1n) is 7.30. The van der Waals surface area contributed by atoms with Gasteiger partial charge in [-0.1, -0.05) is 12.1 Å². The molecule has 2 rings (SSSR count). The summed E-state index contributed by atoms with van der Waals surface area (Å²) in [5.74, 6) is 0.173. The molecule has 0 saturated carbocycles. The SMILES string of the molecule is CC(C(=O)NCCC1CCNC1)c1cccc([N+](=O)[O-])c1. The van der Waals surface area contributed by atoms with Crippen molar-refractivity contribution in [2.75, 3.05) is 19.6 Å². The van der Waals surface area contributed by atoms with Crippen molar-refractivity contribution in [2.45, 2.75) is 25.7 Å². The molecule has 0 radical (unpaired) electrons. The van der Waals surface area contributed by atoms with Gasteiger partial charge in [0.05, 0.1) is 10.8 Å². The Morgan fingerprint density at radius 2 is 2.38 bits per heavy atom. The third-order valence-electron chi connectivity index (χ3n) is 3.99. The molecule has 1 heterocycles. The van der Waals surface area contributed by atoms with Crippen molar-refractivity contribution < 1.29 is 9.72 Å². The second-order valence-electron chi connectivity index (χ2n) is 5.51. The molecule has 1 amide bonds. The maximum Gasteiger partial charge on any atom is 0.269 e. The highest BCUT2D eigenvalue weighted by Crippen LogP contribution is 2.21. The minimum Gasteiger partial charge on any atom is -0.356 e. The Morgan fingerprint density at radius 1 is 1.57 bits per heavy atom. The van der Waals surface area contributed by atoms with Crippen LogP contribution in [0.2, 0.25) is 0 Å². The van der Waals surface area contributed by atoms with Crippen LogP contribution in [0.3, 0.4) is 0 Å². The van der Waals surface area contributed by atoms with E-state index in [1.165, 1.54) is 12.1 Å². The number of non-ortho nitro benzene ring substituents is 1. The number of carbonyl (C=O) groups is 1. The van der Waals surface area contributed by atoms with Crippen molar-refractivity contribution >= 4 is 11.6 Å². The smallest absolute Gasteiger partial charge is 0.269 e. The lowest BCUT2D eigenvalue weighted by atomic mass is 9.99. The largest absolute Gasteiger partial charge is 0.356 e. The number of nitrogens with zero attached hydrogens (tertiary/aromatic N) is 1. The molecule has 1 aromatic carbocycles. The summed E-state index contributed by atoms with van der Waals surface area (Å²) in [6, 6.07) is 6.26. The van der Waals surface area contributed by atoms with E-state index in [-0.39, 0.29) is 17.5 Å². The van der Waals surface area contributed by atoms with Crippen molar-refractivity contribution in [2.24, 2.45) is 5.92 Å². The molecule has 2 unspecified atom stereocenters. The third kappa shape index (κ3) is 4.26.